The van der Waals surface area contributed by atoms with Gasteiger partial charge in [0.05, 0.1) is 0 Å². The summed E-state index contributed by atoms with van der Waals surface area (Å²) in [5.41, 5.74) is 0.399. The van der Waals surface area contributed by atoms with Gasteiger partial charge in [0, 0.05) is 5.88 Å². The molecule has 1 aliphatic carbocycles. The second-order valence-electron chi connectivity index (χ2n) is 4.24. The second-order valence-corrected chi connectivity index (χ2v) is 4.55. The fourth-order valence-electron chi connectivity index (χ4n) is 1.93. The zero-order valence-corrected chi connectivity index (χ0v) is 8.36. The second kappa shape index (κ2) is 3.18. The number of allylic oxidation sites excluding steroid dienone is 2. The highest BCUT2D eigenvalue weighted by molar-refractivity contribution is 6.18. The van der Waals surface area contributed by atoms with E-state index in [-0.39, 0.29) is 0 Å². The fraction of sp³-hybridized carbons (Fsp3) is 0.800. The molecule has 0 aromatic rings. The zero-order chi connectivity index (χ0) is 8.48. The lowest BCUT2D eigenvalue weighted by Gasteiger charge is -2.38. The van der Waals surface area contributed by atoms with Gasteiger partial charge in [-0.2, -0.15) is 0 Å². The van der Waals surface area contributed by atoms with E-state index in [1.165, 1.54) is 6.42 Å². The van der Waals surface area contributed by atoms with E-state index in [2.05, 4.69) is 32.9 Å². The van der Waals surface area contributed by atoms with E-state index in [0.717, 1.165) is 5.88 Å². The molecule has 0 amide bonds. The van der Waals surface area contributed by atoms with Crippen LogP contribution in [0.2, 0.25) is 0 Å². The summed E-state index contributed by atoms with van der Waals surface area (Å²) in [6.07, 6.45) is 5.75. The van der Waals surface area contributed by atoms with Gasteiger partial charge in [0.25, 0.3) is 0 Å². The topological polar surface area (TPSA) is 0 Å². The number of hydrogen-bond acceptors (Lipinski definition) is 0. The van der Waals surface area contributed by atoms with Crippen molar-refractivity contribution in [1.29, 1.82) is 0 Å². The summed E-state index contributed by atoms with van der Waals surface area (Å²) in [7, 11) is 0. The molecule has 0 N–H and O–H groups in total. The lowest BCUT2D eigenvalue weighted by atomic mass is 9.68. The van der Waals surface area contributed by atoms with Gasteiger partial charge in [-0.05, 0) is 23.7 Å². The molecule has 1 rings (SSSR count). The van der Waals surface area contributed by atoms with Crippen LogP contribution in [0, 0.1) is 17.3 Å². The molecule has 64 valence electrons. The summed E-state index contributed by atoms with van der Waals surface area (Å²) in [6, 6.07) is 0. The molecule has 1 heteroatoms. The van der Waals surface area contributed by atoms with Gasteiger partial charge in [-0.25, -0.2) is 0 Å². The first kappa shape index (κ1) is 9.12. The van der Waals surface area contributed by atoms with Gasteiger partial charge in [0.15, 0.2) is 0 Å². The van der Waals surface area contributed by atoms with Crippen LogP contribution in [0.3, 0.4) is 0 Å². The number of alkyl halides is 1. The van der Waals surface area contributed by atoms with Crippen LogP contribution < -0.4 is 0 Å². The molecule has 0 saturated heterocycles. The van der Waals surface area contributed by atoms with E-state index in [9.17, 15) is 0 Å². The summed E-state index contributed by atoms with van der Waals surface area (Å²) in [6.45, 7) is 6.87. The fourth-order valence-corrected chi connectivity index (χ4v) is 2.63. The normalized spacial score (nSPS) is 35.6. The van der Waals surface area contributed by atoms with Crippen molar-refractivity contribution in [2.45, 2.75) is 27.2 Å². The van der Waals surface area contributed by atoms with Crippen LogP contribution in [0.5, 0.6) is 0 Å². The van der Waals surface area contributed by atoms with Crippen molar-refractivity contribution in [1.82, 2.24) is 0 Å². The third-order valence-corrected chi connectivity index (χ3v) is 3.22. The smallest absolute Gasteiger partial charge is 0.0262 e. The van der Waals surface area contributed by atoms with Crippen LogP contribution in [0.25, 0.3) is 0 Å². The summed E-state index contributed by atoms with van der Waals surface area (Å²) in [4.78, 5) is 0. The van der Waals surface area contributed by atoms with E-state index in [1.54, 1.807) is 0 Å². The van der Waals surface area contributed by atoms with Crippen molar-refractivity contribution in [3.8, 4) is 0 Å². The largest absolute Gasteiger partial charge is 0.126 e. The van der Waals surface area contributed by atoms with Crippen LogP contribution in [-0.4, -0.2) is 5.88 Å². The van der Waals surface area contributed by atoms with Gasteiger partial charge >= 0.3 is 0 Å². The van der Waals surface area contributed by atoms with Crippen molar-refractivity contribution < 1.29 is 0 Å². The van der Waals surface area contributed by atoms with E-state index < -0.39 is 0 Å². The standard InChI is InChI=1S/C10H17Cl/c1-8-5-4-6-10(2,3)9(8)7-11/h4-5,8-9H,6-7H2,1-3H3. The first-order valence-corrected chi connectivity index (χ1v) is 4.84. The maximum absolute atomic E-state index is 5.93. The minimum atomic E-state index is 0.399. The van der Waals surface area contributed by atoms with Gasteiger partial charge in [-0.1, -0.05) is 32.9 Å². The van der Waals surface area contributed by atoms with Gasteiger partial charge in [0.2, 0.25) is 0 Å². The lowest BCUT2D eigenvalue weighted by molar-refractivity contribution is 0.182. The third-order valence-electron chi connectivity index (χ3n) is 2.89. The van der Waals surface area contributed by atoms with E-state index in [0.29, 0.717) is 17.3 Å². The predicted molar refractivity (Wildman–Crippen MR) is 50.9 cm³/mol. The van der Waals surface area contributed by atoms with Crippen LogP contribution in [0.4, 0.5) is 0 Å². The Balaban J connectivity index is 2.76. The Labute approximate surface area is 74.6 Å². The zero-order valence-electron chi connectivity index (χ0n) is 7.60. The molecular formula is C10H17Cl. The molecule has 0 aromatic heterocycles. The highest BCUT2D eigenvalue weighted by Crippen LogP contribution is 2.40. The minimum absolute atomic E-state index is 0.399. The average molecular weight is 173 g/mol. The van der Waals surface area contributed by atoms with Gasteiger partial charge in [0.1, 0.15) is 0 Å². The molecule has 0 saturated carbocycles. The molecule has 0 fully saturated rings. The average Bonchev–Trinajstić information content (AvgIpc) is 1.86. The third kappa shape index (κ3) is 1.79. The molecule has 0 aliphatic heterocycles. The maximum atomic E-state index is 5.93. The van der Waals surface area contributed by atoms with Crippen molar-refractivity contribution in [3.05, 3.63) is 12.2 Å². The monoisotopic (exact) mass is 172 g/mol. The van der Waals surface area contributed by atoms with Crippen LogP contribution in [0.1, 0.15) is 27.2 Å². The Hall–Kier alpha value is 0.0300. The van der Waals surface area contributed by atoms with E-state index in [4.69, 9.17) is 11.6 Å². The molecule has 0 bridgehead atoms. The Morgan fingerprint density at radius 2 is 2.18 bits per heavy atom. The Morgan fingerprint density at radius 1 is 1.55 bits per heavy atom. The number of rotatable bonds is 1. The van der Waals surface area contributed by atoms with E-state index in [1.807, 2.05) is 0 Å². The van der Waals surface area contributed by atoms with Crippen molar-refractivity contribution in [2.24, 2.45) is 17.3 Å². The molecule has 0 radical (unpaired) electrons. The minimum Gasteiger partial charge on any atom is -0.126 e. The summed E-state index contributed by atoms with van der Waals surface area (Å²) in [5, 5.41) is 0. The van der Waals surface area contributed by atoms with Gasteiger partial charge in [-0.15, -0.1) is 11.6 Å². The number of hydrogen-bond donors (Lipinski definition) is 0. The molecular weight excluding hydrogens is 156 g/mol. The molecule has 1 aliphatic rings. The van der Waals surface area contributed by atoms with Crippen LogP contribution >= 0.6 is 11.6 Å². The van der Waals surface area contributed by atoms with Gasteiger partial charge < -0.3 is 0 Å². The Bertz CT molecular complexity index is 158. The highest BCUT2D eigenvalue weighted by atomic mass is 35.5. The molecule has 11 heavy (non-hydrogen) atoms. The maximum Gasteiger partial charge on any atom is 0.0262 e. The van der Waals surface area contributed by atoms with E-state index >= 15 is 0 Å². The number of halogens is 1. The quantitative estimate of drug-likeness (QED) is 0.420. The van der Waals surface area contributed by atoms with Crippen LogP contribution in [-0.2, 0) is 0 Å². The molecule has 0 spiro atoms. The first-order chi connectivity index (χ1) is 5.08. The molecule has 2 unspecified atom stereocenters. The van der Waals surface area contributed by atoms with Crippen molar-refractivity contribution in [2.75, 3.05) is 5.88 Å². The Kier molecular flexibility index (Phi) is 2.64. The molecule has 0 nitrogen and oxygen atoms in total. The van der Waals surface area contributed by atoms with Crippen molar-refractivity contribution in [3.63, 3.8) is 0 Å². The SMILES string of the molecule is CC1C=CCC(C)(C)C1CCl. The summed E-state index contributed by atoms with van der Waals surface area (Å²) < 4.78 is 0. The summed E-state index contributed by atoms with van der Waals surface area (Å²) >= 11 is 5.93. The van der Waals surface area contributed by atoms with Crippen LogP contribution in [0.15, 0.2) is 12.2 Å². The molecule has 0 aromatic carbocycles. The first-order valence-electron chi connectivity index (χ1n) is 4.30. The molecule has 2 atom stereocenters. The van der Waals surface area contributed by atoms with Crippen molar-refractivity contribution >= 4 is 11.6 Å². The highest BCUT2D eigenvalue weighted by Gasteiger charge is 2.33. The predicted octanol–water partition coefficient (Wildman–Crippen LogP) is 3.46. The van der Waals surface area contributed by atoms with Gasteiger partial charge in [-0.3, -0.25) is 0 Å². The Morgan fingerprint density at radius 3 is 2.55 bits per heavy atom. The summed E-state index contributed by atoms with van der Waals surface area (Å²) in [5.74, 6) is 2.09. The molecule has 0 heterocycles. The lowest BCUT2D eigenvalue weighted by Crippen LogP contribution is -2.32.